The summed E-state index contributed by atoms with van der Waals surface area (Å²) >= 11 is 0. The van der Waals surface area contributed by atoms with E-state index in [1.807, 2.05) is 45.0 Å². The molecule has 0 spiro atoms. The molecule has 1 heterocycles. The first-order valence-electron chi connectivity index (χ1n) is 9.98. The fourth-order valence-corrected chi connectivity index (χ4v) is 3.03. The van der Waals surface area contributed by atoms with E-state index in [0.29, 0.717) is 19.6 Å². The van der Waals surface area contributed by atoms with Crippen LogP contribution in [0.15, 0.2) is 24.3 Å². The molecule has 1 aliphatic heterocycles. The van der Waals surface area contributed by atoms with Crippen LogP contribution in [-0.2, 0) is 9.53 Å². The van der Waals surface area contributed by atoms with Crippen molar-refractivity contribution in [3.63, 3.8) is 0 Å². The number of carbonyl (C=O) groups is 1. The molecule has 0 aromatic heterocycles. The Morgan fingerprint density at radius 3 is 2.42 bits per heavy atom. The minimum Gasteiger partial charge on any atom is -0.492 e. The molecule has 1 aliphatic rings. The smallest absolute Gasteiger partial charge is 0.256 e. The molecule has 1 aromatic rings. The van der Waals surface area contributed by atoms with Crippen molar-refractivity contribution >= 4 is 11.6 Å². The molecule has 5 nitrogen and oxygen atoms in total. The number of nitrogens with one attached hydrogen (secondary N) is 1. The van der Waals surface area contributed by atoms with Crippen molar-refractivity contribution in [2.75, 3.05) is 38.2 Å². The summed E-state index contributed by atoms with van der Waals surface area (Å²) in [4.78, 5) is 15.0. The normalized spacial score (nSPS) is 17.5. The minimum atomic E-state index is -0.792. The highest BCUT2D eigenvalue weighted by molar-refractivity contribution is 5.97. The van der Waals surface area contributed by atoms with E-state index in [9.17, 15) is 4.79 Å². The molecule has 1 atom stereocenters. The number of ether oxygens (including phenoxy) is 2. The third-order valence-corrected chi connectivity index (χ3v) is 5.02. The summed E-state index contributed by atoms with van der Waals surface area (Å²) in [5.41, 5.74) is -0.0299. The number of anilines is 1. The van der Waals surface area contributed by atoms with Crippen LogP contribution in [0.1, 0.15) is 52.9 Å². The van der Waals surface area contributed by atoms with Gasteiger partial charge >= 0.3 is 0 Å². The van der Waals surface area contributed by atoms with Crippen LogP contribution in [0.5, 0.6) is 5.75 Å². The molecule has 1 N–H and O–H groups in total. The van der Waals surface area contributed by atoms with Gasteiger partial charge in [-0.3, -0.25) is 9.69 Å². The van der Waals surface area contributed by atoms with Crippen molar-refractivity contribution in [2.45, 2.75) is 58.5 Å². The number of rotatable bonds is 10. The van der Waals surface area contributed by atoms with Gasteiger partial charge in [0.1, 0.15) is 18.0 Å². The van der Waals surface area contributed by atoms with Crippen LogP contribution in [0.2, 0.25) is 0 Å². The first-order valence-corrected chi connectivity index (χ1v) is 9.98. The Bertz CT molecular complexity index is 541. The zero-order valence-corrected chi connectivity index (χ0v) is 16.6. The quantitative estimate of drug-likeness (QED) is 0.681. The van der Waals surface area contributed by atoms with Crippen LogP contribution in [0, 0.1) is 0 Å². The summed E-state index contributed by atoms with van der Waals surface area (Å²) in [6.07, 6.45) is 5.48. The first-order chi connectivity index (χ1) is 12.6. The molecule has 1 fully saturated rings. The lowest BCUT2D eigenvalue weighted by molar-refractivity contribution is -0.139. The standard InChI is InChI=1S/C21H34N2O3/c1-4-16-26-21(3,5-2)20(24)22-18-9-11-19(12-10-18)25-17-15-23-13-7-6-8-14-23/h9-12H,4-8,13-17H2,1-3H3,(H,22,24)/t21-/m1/s1. The molecule has 0 unspecified atom stereocenters. The van der Waals surface area contributed by atoms with Gasteiger partial charge in [-0.1, -0.05) is 20.3 Å². The Balaban J connectivity index is 1.79. The first kappa shape index (κ1) is 20.7. The summed E-state index contributed by atoms with van der Waals surface area (Å²) in [6.45, 7) is 10.5. The lowest BCUT2D eigenvalue weighted by atomic mass is 10.0. The number of nitrogens with zero attached hydrogens (tertiary/aromatic N) is 1. The summed E-state index contributed by atoms with van der Waals surface area (Å²) < 4.78 is 11.6. The summed E-state index contributed by atoms with van der Waals surface area (Å²) in [5.74, 6) is 0.729. The van der Waals surface area contributed by atoms with Crippen molar-refractivity contribution in [2.24, 2.45) is 0 Å². The van der Waals surface area contributed by atoms with Gasteiger partial charge in [-0.15, -0.1) is 0 Å². The molecule has 26 heavy (non-hydrogen) atoms. The Morgan fingerprint density at radius 1 is 1.12 bits per heavy atom. The highest BCUT2D eigenvalue weighted by Crippen LogP contribution is 2.21. The van der Waals surface area contributed by atoms with Crippen molar-refractivity contribution in [3.05, 3.63) is 24.3 Å². The second-order valence-electron chi connectivity index (χ2n) is 7.16. The molecule has 5 heteroatoms. The van der Waals surface area contributed by atoms with E-state index in [1.165, 1.54) is 32.4 Å². The maximum atomic E-state index is 12.5. The molecule has 1 saturated heterocycles. The Labute approximate surface area is 158 Å². The zero-order valence-electron chi connectivity index (χ0n) is 16.6. The van der Waals surface area contributed by atoms with E-state index in [2.05, 4.69) is 10.2 Å². The Morgan fingerprint density at radius 2 is 1.81 bits per heavy atom. The van der Waals surface area contributed by atoms with Crippen LogP contribution in [0.3, 0.4) is 0 Å². The number of piperidine rings is 1. The van der Waals surface area contributed by atoms with E-state index in [4.69, 9.17) is 9.47 Å². The molecule has 0 bridgehead atoms. The third kappa shape index (κ3) is 6.29. The van der Waals surface area contributed by atoms with Gasteiger partial charge in [0.2, 0.25) is 0 Å². The van der Waals surface area contributed by atoms with Gasteiger partial charge in [-0.25, -0.2) is 0 Å². The van der Waals surface area contributed by atoms with E-state index in [1.54, 1.807) is 0 Å². The van der Waals surface area contributed by atoms with Crippen LogP contribution in [0.25, 0.3) is 0 Å². The number of hydrogen-bond donors (Lipinski definition) is 1. The monoisotopic (exact) mass is 362 g/mol. The largest absolute Gasteiger partial charge is 0.492 e. The molecule has 146 valence electrons. The highest BCUT2D eigenvalue weighted by Gasteiger charge is 2.32. The second kappa shape index (κ2) is 10.5. The van der Waals surface area contributed by atoms with Gasteiger partial charge in [-0.2, -0.15) is 0 Å². The van der Waals surface area contributed by atoms with E-state index < -0.39 is 5.60 Å². The second-order valence-corrected chi connectivity index (χ2v) is 7.16. The summed E-state index contributed by atoms with van der Waals surface area (Å²) in [6, 6.07) is 7.57. The average molecular weight is 363 g/mol. The maximum absolute atomic E-state index is 12.5. The predicted molar refractivity (Wildman–Crippen MR) is 106 cm³/mol. The lowest BCUT2D eigenvalue weighted by Crippen LogP contribution is -2.42. The SMILES string of the molecule is CCCO[C@](C)(CC)C(=O)Nc1ccc(OCCN2CCCCC2)cc1. The van der Waals surface area contributed by atoms with Crippen molar-refractivity contribution in [3.8, 4) is 5.75 Å². The van der Waals surface area contributed by atoms with Gasteiger partial charge in [0.05, 0.1) is 0 Å². The molecule has 0 aliphatic carbocycles. The molecule has 0 radical (unpaired) electrons. The molecular formula is C21H34N2O3. The van der Waals surface area contributed by atoms with Crippen LogP contribution >= 0.6 is 0 Å². The number of hydrogen-bond acceptors (Lipinski definition) is 4. The molecule has 0 saturated carbocycles. The highest BCUT2D eigenvalue weighted by atomic mass is 16.5. The van der Waals surface area contributed by atoms with E-state index in [-0.39, 0.29) is 5.91 Å². The topological polar surface area (TPSA) is 50.8 Å². The Kier molecular flexibility index (Phi) is 8.39. The Hall–Kier alpha value is -1.59. The maximum Gasteiger partial charge on any atom is 0.256 e. The summed E-state index contributed by atoms with van der Waals surface area (Å²) in [5, 5.41) is 2.95. The number of benzene rings is 1. The molecule has 1 amide bonds. The van der Waals surface area contributed by atoms with E-state index in [0.717, 1.165) is 24.4 Å². The number of amides is 1. The average Bonchev–Trinajstić information content (AvgIpc) is 2.68. The van der Waals surface area contributed by atoms with Crippen molar-refractivity contribution in [1.82, 2.24) is 4.90 Å². The molecule has 1 aromatic carbocycles. The van der Waals surface area contributed by atoms with Crippen molar-refractivity contribution in [1.29, 1.82) is 0 Å². The zero-order chi connectivity index (χ0) is 18.8. The molecular weight excluding hydrogens is 328 g/mol. The van der Waals surface area contributed by atoms with Gasteiger partial charge < -0.3 is 14.8 Å². The van der Waals surface area contributed by atoms with Gasteiger partial charge in [0.15, 0.2) is 0 Å². The van der Waals surface area contributed by atoms with E-state index >= 15 is 0 Å². The lowest BCUT2D eigenvalue weighted by Gasteiger charge is -2.27. The fraction of sp³-hybridized carbons (Fsp3) is 0.667. The van der Waals surface area contributed by atoms with Crippen LogP contribution in [-0.4, -0.2) is 49.3 Å². The van der Waals surface area contributed by atoms with Gasteiger partial charge in [-0.05, 0) is 70.0 Å². The summed E-state index contributed by atoms with van der Waals surface area (Å²) in [7, 11) is 0. The fourth-order valence-electron chi connectivity index (χ4n) is 3.03. The predicted octanol–water partition coefficient (Wildman–Crippen LogP) is 4.09. The molecule has 2 rings (SSSR count). The minimum absolute atomic E-state index is 0.104. The number of carbonyl (C=O) groups excluding carboxylic acids is 1. The van der Waals surface area contributed by atoms with Crippen molar-refractivity contribution < 1.29 is 14.3 Å². The van der Waals surface area contributed by atoms with Crippen LogP contribution < -0.4 is 10.1 Å². The number of likely N-dealkylation sites (tertiary alicyclic amines) is 1. The van der Waals surface area contributed by atoms with Gasteiger partial charge in [0, 0.05) is 18.8 Å². The van der Waals surface area contributed by atoms with Crippen LogP contribution in [0.4, 0.5) is 5.69 Å². The third-order valence-electron chi connectivity index (χ3n) is 5.02. The van der Waals surface area contributed by atoms with Gasteiger partial charge in [0.25, 0.3) is 5.91 Å².